The number of thiazole rings is 1. The molecular formula is C26H29N3S. The van der Waals surface area contributed by atoms with Gasteiger partial charge in [0.1, 0.15) is 0 Å². The first-order valence-electron chi connectivity index (χ1n) is 11.0. The van der Waals surface area contributed by atoms with Crippen molar-refractivity contribution in [1.82, 2.24) is 9.55 Å². The molecule has 1 N–H and O–H groups in total. The first kappa shape index (κ1) is 19.4. The van der Waals surface area contributed by atoms with Crippen LogP contribution in [0.4, 0.5) is 5.13 Å². The van der Waals surface area contributed by atoms with E-state index in [2.05, 4.69) is 83.7 Å². The van der Waals surface area contributed by atoms with Crippen molar-refractivity contribution < 1.29 is 0 Å². The monoisotopic (exact) mass is 415 g/mol. The van der Waals surface area contributed by atoms with Gasteiger partial charge < -0.3 is 9.88 Å². The molecule has 2 aromatic carbocycles. The third-order valence-electron chi connectivity index (χ3n) is 6.44. The van der Waals surface area contributed by atoms with Gasteiger partial charge in [-0.05, 0) is 37.3 Å². The number of nitrogens with one attached hydrogen (secondary N) is 1. The molecule has 1 fully saturated rings. The summed E-state index contributed by atoms with van der Waals surface area (Å²) in [6.45, 7) is 5.47. The average molecular weight is 416 g/mol. The Morgan fingerprint density at radius 2 is 1.87 bits per heavy atom. The summed E-state index contributed by atoms with van der Waals surface area (Å²) in [7, 11) is 0. The Kier molecular flexibility index (Phi) is 5.34. The van der Waals surface area contributed by atoms with Crippen LogP contribution in [0.15, 0.2) is 60.0 Å². The summed E-state index contributed by atoms with van der Waals surface area (Å²) in [4.78, 5) is 5.03. The normalized spacial score (nSPS) is 19.3. The van der Waals surface area contributed by atoms with Crippen LogP contribution in [0, 0.1) is 12.8 Å². The third kappa shape index (κ3) is 3.77. The largest absolute Gasteiger partial charge is 0.359 e. The lowest BCUT2D eigenvalue weighted by Gasteiger charge is -2.27. The lowest BCUT2D eigenvalue weighted by molar-refractivity contribution is 0.358. The summed E-state index contributed by atoms with van der Waals surface area (Å²) in [5.41, 5.74) is 6.23. The third-order valence-corrected chi connectivity index (χ3v) is 7.21. The highest BCUT2D eigenvalue weighted by atomic mass is 32.1. The summed E-state index contributed by atoms with van der Waals surface area (Å²) in [6, 6.07) is 20.0. The summed E-state index contributed by atoms with van der Waals surface area (Å²) in [6.07, 6.45) is 5.20. The minimum atomic E-state index is 0.563. The van der Waals surface area contributed by atoms with Crippen LogP contribution in [-0.2, 0) is 6.54 Å². The van der Waals surface area contributed by atoms with Crippen molar-refractivity contribution in [1.29, 1.82) is 0 Å². The first-order valence-corrected chi connectivity index (χ1v) is 11.9. The van der Waals surface area contributed by atoms with Crippen molar-refractivity contribution in [3.05, 3.63) is 71.2 Å². The second-order valence-electron chi connectivity index (χ2n) is 8.70. The van der Waals surface area contributed by atoms with E-state index in [9.17, 15) is 0 Å². The second-order valence-corrected chi connectivity index (χ2v) is 9.56. The van der Waals surface area contributed by atoms with E-state index in [4.69, 9.17) is 4.98 Å². The fourth-order valence-corrected chi connectivity index (χ4v) is 5.70. The number of fused-ring (bicyclic) bond motifs is 1. The zero-order valence-corrected chi connectivity index (χ0v) is 18.6. The number of aromatic nitrogens is 2. The Morgan fingerprint density at radius 3 is 2.70 bits per heavy atom. The summed E-state index contributed by atoms with van der Waals surface area (Å²) < 4.78 is 2.43. The van der Waals surface area contributed by atoms with Crippen LogP contribution in [-0.4, -0.2) is 15.6 Å². The molecule has 0 radical (unpaired) electrons. The standard InChI is InChI=1S/C26H29N3S/c1-18-9-8-12-21(15-18)27-26-28-23(17-30-26)25-19(2)29(16-20-10-4-3-5-11-20)24-14-7-6-13-22(24)25/h3-7,10-11,13-14,17-18,21H,8-9,12,15-16H2,1-2H3,(H,27,28). The van der Waals surface area contributed by atoms with Crippen molar-refractivity contribution in [3.63, 3.8) is 0 Å². The number of rotatable bonds is 5. The predicted octanol–water partition coefficient (Wildman–Crippen LogP) is 7.11. The van der Waals surface area contributed by atoms with E-state index in [-0.39, 0.29) is 0 Å². The van der Waals surface area contributed by atoms with E-state index in [1.807, 2.05) is 0 Å². The maximum absolute atomic E-state index is 5.03. The van der Waals surface area contributed by atoms with E-state index in [1.165, 1.54) is 53.4 Å². The van der Waals surface area contributed by atoms with Gasteiger partial charge in [-0.2, -0.15) is 0 Å². The Labute approximate surface area is 182 Å². The molecule has 5 rings (SSSR count). The van der Waals surface area contributed by atoms with Crippen LogP contribution in [0.3, 0.4) is 0 Å². The predicted molar refractivity (Wildman–Crippen MR) is 128 cm³/mol. The van der Waals surface area contributed by atoms with Gasteiger partial charge in [-0.3, -0.25) is 0 Å². The number of anilines is 1. The number of benzene rings is 2. The molecule has 0 bridgehead atoms. The van der Waals surface area contributed by atoms with Gasteiger partial charge in [0.2, 0.25) is 0 Å². The van der Waals surface area contributed by atoms with Crippen molar-refractivity contribution in [2.75, 3.05) is 5.32 Å². The molecular weight excluding hydrogens is 386 g/mol. The van der Waals surface area contributed by atoms with Crippen LogP contribution in [0.2, 0.25) is 0 Å². The number of hydrogen-bond donors (Lipinski definition) is 1. The molecule has 1 aliphatic rings. The fraction of sp³-hybridized carbons (Fsp3) is 0.346. The Morgan fingerprint density at radius 1 is 1.07 bits per heavy atom. The molecule has 4 heteroatoms. The van der Waals surface area contributed by atoms with Gasteiger partial charge in [-0.1, -0.05) is 68.3 Å². The first-order chi connectivity index (χ1) is 14.7. The quantitative estimate of drug-likeness (QED) is 0.376. The van der Waals surface area contributed by atoms with Gasteiger partial charge in [0.25, 0.3) is 0 Å². The zero-order valence-electron chi connectivity index (χ0n) is 17.8. The van der Waals surface area contributed by atoms with E-state index < -0.39 is 0 Å². The van der Waals surface area contributed by atoms with Crippen molar-refractivity contribution in [2.45, 2.75) is 52.1 Å². The highest BCUT2D eigenvalue weighted by Gasteiger charge is 2.21. The van der Waals surface area contributed by atoms with Crippen LogP contribution in [0.25, 0.3) is 22.2 Å². The Bertz CT molecular complexity index is 1140. The average Bonchev–Trinajstić information content (AvgIpc) is 3.31. The lowest BCUT2D eigenvalue weighted by atomic mass is 9.87. The SMILES string of the molecule is Cc1c(-c2csc(NC3CCCC(C)C3)n2)c2ccccc2n1Cc1ccccc1. The highest BCUT2D eigenvalue weighted by molar-refractivity contribution is 7.14. The van der Waals surface area contributed by atoms with Gasteiger partial charge in [-0.15, -0.1) is 11.3 Å². The van der Waals surface area contributed by atoms with E-state index in [0.717, 1.165) is 23.3 Å². The van der Waals surface area contributed by atoms with E-state index in [1.54, 1.807) is 11.3 Å². The summed E-state index contributed by atoms with van der Waals surface area (Å²) in [5, 5.41) is 8.28. The number of nitrogens with zero attached hydrogens (tertiary/aromatic N) is 2. The molecule has 2 aromatic heterocycles. The van der Waals surface area contributed by atoms with Crippen LogP contribution in [0.1, 0.15) is 43.9 Å². The molecule has 0 saturated heterocycles. The molecule has 3 nitrogen and oxygen atoms in total. The fourth-order valence-electron chi connectivity index (χ4n) is 4.92. The van der Waals surface area contributed by atoms with Gasteiger partial charge in [0.15, 0.2) is 5.13 Å². The maximum Gasteiger partial charge on any atom is 0.183 e. The van der Waals surface area contributed by atoms with Gasteiger partial charge in [0.05, 0.1) is 5.69 Å². The van der Waals surface area contributed by atoms with Crippen molar-refractivity contribution >= 4 is 27.4 Å². The lowest BCUT2D eigenvalue weighted by Crippen LogP contribution is -2.26. The Balaban J connectivity index is 1.49. The Hall–Kier alpha value is -2.59. The molecule has 0 aliphatic heterocycles. The van der Waals surface area contributed by atoms with Crippen LogP contribution >= 0.6 is 11.3 Å². The van der Waals surface area contributed by atoms with E-state index in [0.29, 0.717) is 6.04 Å². The van der Waals surface area contributed by atoms with Crippen LogP contribution < -0.4 is 5.32 Å². The van der Waals surface area contributed by atoms with Gasteiger partial charge >= 0.3 is 0 Å². The molecule has 1 aliphatic carbocycles. The maximum atomic E-state index is 5.03. The summed E-state index contributed by atoms with van der Waals surface area (Å²) in [5.74, 6) is 0.814. The zero-order chi connectivity index (χ0) is 20.5. The topological polar surface area (TPSA) is 29.9 Å². The molecule has 2 unspecified atom stereocenters. The number of para-hydroxylation sites is 1. The molecule has 1 saturated carbocycles. The minimum Gasteiger partial charge on any atom is -0.359 e. The second kappa shape index (κ2) is 8.27. The molecule has 0 amide bonds. The molecule has 0 spiro atoms. The number of hydrogen-bond acceptors (Lipinski definition) is 3. The van der Waals surface area contributed by atoms with E-state index >= 15 is 0 Å². The molecule has 2 heterocycles. The van der Waals surface area contributed by atoms with Crippen molar-refractivity contribution in [2.24, 2.45) is 5.92 Å². The van der Waals surface area contributed by atoms with Crippen molar-refractivity contribution in [3.8, 4) is 11.3 Å². The highest BCUT2D eigenvalue weighted by Crippen LogP contribution is 2.37. The molecule has 154 valence electrons. The molecule has 30 heavy (non-hydrogen) atoms. The summed E-state index contributed by atoms with van der Waals surface area (Å²) >= 11 is 1.74. The van der Waals surface area contributed by atoms with Gasteiger partial charge in [-0.25, -0.2) is 4.98 Å². The smallest absolute Gasteiger partial charge is 0.183 e. The van der Waals surface area contributed by atoms with Gasteiger partial charge in [0, 0.05) is 40.1 Å². The molecule has 2 atom stereocenters. The van der Waals surface area contributed by atoms with Crippen LogP contribution in [0.5, 0.6) is 0 Å². The molecule has 4 aromatic rings. The minimum absolute atomic E-state index is 0.563.